The van der Waals surface area contributed by atoms with E-state index in [-0.39, 0.29) is 25.6 Å². The van der Waals surface area contributed by atoms with Crippen LogP contribution in [0.25, 0.3) is 0 Å². The molecule has 3 atom stereocenters. The highest BCUT2D eigenvalue weighted by atomic mass is 16.6. The predicted molar refractivity (Wildman–Crippen MR) is 71.7 cm³/mol. The Morgan fingerprint density at radius 2 is 2.20 bits per heavy atom. The Hall–Kier alpha value is -1.43. The van der Waals surface area contributed by atoms with Crippen LogP contribution in [0.4, 0.5) is 0 Å². The minimum Gasteiger partial charge on any atom is -0.458 e. The van der Waals surface area contributed by atoms with Gasteiger partial charge in [0.1, 0.15) is 6.10 Å². The molecule has 1 fully saturated rings. The van der Waals surface area contributed by atoms with Crippen molar-refractivity contribution in [3.05, 3.63) is 35.9 Å². The first-order chi connectivity index (χ1) is 9.48. The third kappa shape index (κ3) is 4.03. The Bertz CT molecular complexity index is 447. The van der Waals surface area contributed by atoms with Crippen molar-refractivity contribution in [2.24, 2.45) is 0 Å². The summed E-state index contributed by atoms with van der Waals surface area (Å²) >= 11 is 0. The molecule has 1 aliphatic heterocycles. The normalized spacial score (nSPS) is 27.9. The Labute approximate surface area is 118 Å². The first-order valence-electron chi connectivity index (χ1n) is 6.77. The molecular formula is C15H20O5. The van der Waals surface area contributed by atoms with Crippen molar-refractivity contribution in [2.45, 2.75) is 44.2 Å². The van der Waals surface area contributed by atoms with Gasteiger partial charge in [-0.2, -0.15) is 0 Å². The Morgan fingerprint density at radius 1 is 1.50 bits per heavy atom. The number of benzene rings is 1. The van der Waals surface area contributed by atoms with Crippen molar-refractivity contribution in [2.75, 3.05) is 6.61 Å². The average Bonchev–Trinajstić information content (AvgIpc) is 2.38. The maximum absolute atomic E-state index is 11.9. The van der Waals surface area contributed by atoms with Gasteiger partial charge in [-0.3, -0.25) is 4.79 Å². The molecule has 0 bridgehead atoms. The summed E-state index contributed by atoms with van der Waals surface area (Å²) in [4.78, 5) is 11.9. The van der Waals surface area contributed by atoms with Gasteiger partial charge in [-0.05, 0) is 18.9 Å². The number of hydrogen-bond donors (Lipinski definition) is 2. The molecule has 0 saturated carbocycles. The van der Waals surface area contributed by atoms with Crippen LogP contribution in [-0.4, -0.2) is 34.7 Å². The lowest BCUT2D eigenvalue weighted by atomic mass is 10.00. The third-order valence-corrected chi connectivity index (χ3v) is 3.37. The van der Waals surface area contributed by atoms with Gasteiger partial charge in [-0.15, -0.1) is 0 Å². The van der Waals surface area contributed by atoms with E-state index in [0.29, 0.717) is 6.42 Å². The zero-order valence-corrected chi connectivity index (χ0v) is 11.5. The van der Waals surface area contributed by atoms with Crippen LogP contribution in [0.3, 0.4) is 0 Å². The molecule has 2 N–H and O–H groups in total. The van der Waals surface area contributed by atoms with Gasteiger partial charge in [-0.25, -0.2) is 0 Å². The number of carbonyl (C=O) groups is 1. The SMILES string of the molecule is C[C@H](OC(=O)C[C@]1(O)C[C@H](O)CCO1)c1ccccc1. The predicted octanol–water partition coefficient (Wildman–Crippen LogP) is 1.54. The van der Waals surface area contributed by atoms with Crippen LogP contribution in [-0.2, 0) is 14.3 Å². The van der Waals surface area contributed by atoms with Gasteiger partial charge in [-0.1, -0.05) is 30.3 Å². The number of aliphatic hydroxyl groups is 2. The van der Waals surface area contributed by atoms with Crippen LogP contribution in [0.15, 0.2) is 30.3 Å². The van der Waals surface area contributed by atoms with Gasteiger partial charge < -0.3 is 19.7 Å². The van der Waals surface area contributed by atoms with E-state index < -0.39 is 17.9 Å². The highest BCUT2D eigenvalue weighted by Gasteiger charge is 2.37. The molecule has 1 aromatic rings. The van der Waals surface area contributed by atoms with Crippen LogP contribution in [0.5, 0.6) is 0 Å². The van der Waals surface area contributed by atoms with Crippen LogP contribution in [0, 0.1) is 0 Å². The van der Waals surface area contributed by atoms with Crippen LogP contribution in [0.2, 0.25) is 0 Å². The number of carbonyl (C=O) groups excluding carboxylic acids is 1. The van der Waals surface area contributed by atoms with E-state index in [1.54, 1.807) is 6.92 Å². The fraction of sp³-hybridized carbons (Fsp3) is 0.533. The Morgan fingerprint density at radius 3 is 2.85 bits per heavy atom. The van der Waals surface area contributed by atoms with Crippen LogP contribution >= 0.6 is 0 Å². The lowest BCUT2D eigenvalue weighted by molar-refractivity contribution is -0.249. The quantitative estimate of drug-likeness (QED) is 0.818. The van der Waals surface area contributed by atoms with E-state index in [1.807, 2.05) is 30.3 Å². The molecular weight excluding hydrogens is 260 g/mol. The van der Waals surface area contributed by atoms with Gasteiger partial charge in [0.25, 0.3) is 0 Å². The molecule has 0 radical (unpaired) electrons. The highest BCUT2D eigenvalue weighted by Crippen LogP contribution is 2.27. The van der Waals surface area contributed by atoms with E-state index >= 15 is 0 Å². The van der Waals surface area contributed by atoms with E-state index in [0.717, 1.165) is 5.56 Å². The average molecular weight is 280 g/mol. The minimum atomic E-state index is -1.62. The van der Waals surface area contributed by atoms with Crippen molar-refractivity contribution in [1.29, 1.82) is 0 Å². The molecule has 0 aromatic heterocycles. The van der Waals surface area contributed by atoms with Crippen molar-refractivity contribution < 1.29 is 24.5 Å². The number of rotatable bonds is 4. The van der Waals surface area contributed by atoms with Gasteiger partial charge in [0.05, 0.1) is 19.1 Å². The van der Waals surface area contributed by atoms with Crippen molar-refractivity contribution in [3.63, 3.8) is 0 Å². The summed E-state index contributed by atoms with van der Waals surface area (Å²) < 4.78 is 10.5. The third-order valence-electron chi connectivity index (χ3n) is 3.37. The molecule has 110 valence electrons. The second-order valence-electron chi connectivity index (χ2n) is 5.16. The standard InChI is InChI=1S/C15H20O5/c1-11(12-5-3-2-4-6-12)20-14(17)10-15(18)9-13(16)7-8-19-15/h2-6,11,13,16,18H,7-10H2,1H3/t11-,13+,15-/m0/s1. The van der Waals surface area contributed by atoms with Crippen molar-refractivity contribution in [3.8, 4) is 0 Å². The molecule has 0 aliphatic carbocycles. The summed E-state index contributed by atoms with van der Waals surface area (Å²) in [5, 5.41) is 19.6. The largest absolute Gasteiger partial charge is 0.458 e. The molecule has 0 amide bonds. The lowest BCUT2D eigenvalue weighted by Gasteiger charge is -2.34. The molecule has 0 unspecified atom stereocenters. The number of hydrogen-bond acceptors (Lipinski definition) is 5. The van der Waals surface area contributed by atoms with E-state index in [4.69, 9.17) is 9.47 Å². The summed E-state index contributed by atoms with van der Waals surface area (Å²) in [7, 11) is 0. The molecule has 5 nitrogen and oxygen atoms in total. The van der Waals surface area contributed by atoms with Gasteiger partial charge in [0, 0.05) is 6.42 Å². The van der Waals surface area contributed by atoms with Crippen molar-refractivity contribution >= 4 is 5.97 Å². The molecule has 1 saturated heterocycles. The van der Waals surface area contributed by atoms with Crippen LogP contribution in [0.1, 0.15) is 37.9 Å². The zero-order valence-electron chi connectivity index (χ0n) is 11.5. The van der Waals surface area contributed by atoms with E-state index in [1.165, 1.54) is 0 Å². The number of aliphatic hydroxyl groups excluding tert-OH is 1. The Balaban J connectivity index is 1.89. The molecule has 5 heteroatoms. The van der Waals surface area contributed by atoms with E-state index in [9.17, 15) is 15.0 Å². The fourth-order valence-electron chi connectivity index (χ4n) is 2.29. The Kier molecular flexibility index (Phi) is 4.75. The first kappa shape index (κ1) is 15.0. The second-order valence-corrected chi connectivity index (χ2v) is 5.16. The van der Waals surface area contributed by atoms with Gasteiger partial charge >= 0.3 is 5.97 Å². The highest BCUT2D eigenvalue weighted by molar-refractivity contribution is 5.70. The molecule has 20 heavy (non-hydrogen) atoms. The van der Waals surface area contributed by atoms with Crippen LogP contribution < -0.4 is 0 Å². The smallest absolute Gasteiger partial charge is 0.311 e. The fourth-order valence-corrected chi connectivity index (χ4v) is 2.29. The van der Waals surface area contributed by atoms with Gasteiger partial charge in [0.2, 0.25) is 0 Å². The molecule has 1 heterocycles. The van der Waals surface area contributed by atoms with Gasteiger partial charge in [0.15, 0.2) is 5.79 Å². The summed E-state index contributed by atoms with van der Waals surface area (Å²) in [6.07, 6.45) is -0.810. The lowest BCUT2D eigenvalue weighted by Crippen LogP contribution is -2.43. The molecule has 1 aromatic carbocycles. The topological polar surface area (TPSA) is 76.0 Å². The van der Waals surface area contributed by atoms with Crippen molar-refractivity contribution in [1.82, 2.24) is 0 Å². The summed E-state index contributed by atoms with van der Waals surface area (Å²) in [5.74, 6) is -2.16. The number of ether oxygens (including phenoxy) is 2. The summed E-state index contributed by atoms with van der Waals surface area (Å²) in [6.45, 7) is 2.01. The zero-order chi connectivity index (χ0) is 14.6. The monoisotopic (exact) mass is 280 g/mol. The van der Waals surface area contributed by atoms with E-state index in [2.05, 4.69) is 0 Å². The number of esters is 1. The summed E-state index contributed by atoms with van der Waals surface area (Å²) in [5.41, 5.74) is 0.887. The molecule has 2 rings (SSSR count). The molecule has 1 aliphatic rings. The maximum atomic E-state index is 11.9. The maximum Gasteiger partial charge on any atom is 0.311 e. The molecule has 0 spiro atoms. The second kappa shape index (κ2) is 6.35. The minimum absolute atomic E-state index is 0.0296. The summed E-state index contributed by atoms with van der Waals surface area (Å²) in [6, 6.07) is 9.36. The first-order valence-corrected chi connectivity index (χ1v) is 6.77.